The quantitative estimate of drug-likeness (QED) is 0.717. The van der Waals surface area contributed by atoms with Crippen molar-refractivity contribution >= 4 is 43.5 Å². The molecule has 1 aromatic carbocycles. The first-order chi connectivity index (χ1) is 11.0. The van der Waals surface area contributed by atoms with Gasteiger partial charge in [-0.25, -0.2) is 13.4 Å². The molecule has 0 atom stereocenters. The molecular formula is C16H22N2O2S3. The molecule has 1 saturated carbocycles. The largest absolute Gasteiger partial charge is 0.279 e. The van der Waals surface area contributed by atoms with E-state index in [1.165, 1.54) is 29.7 Å². The maximum Gasteiger partial charge on any atom is 0.279 e. The van der Waals surface area contributed by atoms with Crippen LogP contribution in [0.5, 0.6) is 0 Å². The fourth-order valence-corrected chi connectivity index (χ4v) is 7.60. The van der Waals surface area contributed by atoms with Crippen molar-refractivity contribution < 1.29 is 8.42 Å². The first kappa shape index (κ1) is 17.2. The van der Waals surface area contributed by atoms with Crippen molar-refractivity contribution in [3.8, 4) is 0 Å². The van der Waals surface area contributed by atoms with E-state index in [0.29, 0.717) is 0 Å². The van der Waals surface area contributed by atoms with E-state index < -0.39 is 10.0 Å². The number of fused-ring (bicyclic) bond motifs is 1. The number of benzene rings is 1. The van der Waals surface area contributed by atoms with Crippen LogP contribution in [0, 0.1) is 0 Å². The van der Waals surface area contributed by atoms with Gasteiger partial charge in [0.25, 0.3) is 10.0 Å². The van der Waals surface area contributed by atoms with E-state index in [2.05, 4.69) is 4.98 Å². The lowest BCUT2D eigenvalue weighted by molar-refractivity contribution is 0.344. The lowest BCUT2D eigenvalue weighted by Gasteiger charge is -2.32. The van der Waals surface area contributed by atoms with Gasteiger partial charge in [-0.15, -0.1) is 15.0 Å². The summed E-state index contributed by atoms with van der Waals surface area (Å²) < 4.78 is 29.2. The molecule has 0 saturated heterocycles. The van der Waals surface area contributed by atoms with E-state index in [1.807, 2.05) is 38.1 Å². The highest BCUT2D eigenvalue weighted by atomic mass is 32.3. The molecule has 1 aromatic heterocycles. The van der Waals surface area contributed by atoms with Crippen LogP contribution in [0.4, 0.5) is 0 Å². The van der Waals surface area contributed by atoms with E-state index in [9.17, 15) is 8.42 Å². The number of thiazole rings is 1. The standard InChI is InChI=1S/C16H22N2O2S3/c1-12(2)22-18(13-8-4-3-5-9-13)23(19,20)16-17-14-10-6-7-11-15(14)21-16/h6-7,10-13H,3-5,8-9H2,1-2H3. The van der Waals surface area contributed by atoms with Crippen molar-refractivity contribution in [1.29, 1.82) is 0 Å². The Morgan fingerprint density at radius 1 is 1.22 bits per heavy atom. The summed E-state index contributed by atoms with van der Waals surface area (Å²) in [6.07, 6.45) is 5.32. The minimum absolute atomic E-state index is 0.0909. The molecule has 0 N–H and O–H groups in total. The van der Waals surface area contributed by atoms with Crippen molar-refractivity contribution in [1.82, 2.24) is 8.69 Å². The summed E-state index contributed by atoms with van der Waals surface area (Å²) in [6, 6.07) is 7.68. The van der Waals surface area contributed by atoms with Crippen LogP contribution in [0.1, 0.15) is 46.0 Å². The zero-order chi connectivity index (χ0) is 16.4. The molecule has 4 nitrogen and oxygen atoms in total. The van der Waals surface area contributed by atoms with Gasteiger partial charge >= 0.3 is 0 Å². The van der Waals surface area contributed by atoms with E-state index in [-0.39, 0.29) is 15.6 Å². The van der Waals surface area contributed by atoms with E-state index >= 15 is 0 Å². The number of hydrogen-bond acceptors (Lipinski definition) is 5. The maximum absolute atomic E-state index is 13.2. The first-order valence-corrected chi connectivity index (χ1v) is 11.1. The topological polar surface area (TPSA) is 50.3 Å². The molecule has 0 unspecified atom stereocenters. The highest BCUT2D eigenvalue weighted by Gasteiger charge is 2.35. The van der Waals surface area contributed by atoms with Crippen LogP contribution in [-0.4, -0.2) is 28.4 Å². The van der Waals surface area contributed by atoms with Gasteiger partial charge in [-0.3, -0.25) is 0 Å². The lowest BCUT2D eigenvalue weighted by atomic mass is 9.96. The van der Waals surface area contributed by atoms with Gasteiger partial charge in [0.15, 0.2) is 0 Å². The summed E-state index contributed by atoms with van der Waals surface area (Å²) in [7, 11) is -3.55. The van der Waals surface area contributed by atoms with Crippen LogP contribution in [-0.2, 0) is 10.0 Å². The minimum Gasteiger partial charge on any atom is -0.224 e. The van der Waals surface area contributed by atoms with Gasteiger partial charge in [0, 0.05) is 11.3 Å². The molecule has 126 valence electrons. The van der Waals surface area contributed by atoms with Gasteiger partial charge in [0.2, 0.25) is 4.34 Å². The number of para-hydroxylation sites is 1. The van der Waals surface area contributed by atoms with Crippen molar-refractivity contribution in [3.05, 3.63) is 24.3 Å². The highest BCUT2D eigenvalue weighted by Crippen LogP contribution is 2.37. The molecule has 0 aliphatic heterocycles. The Labute approximate surface area is 146 Å². The van der Waals surface area contributed by atoms with Gasteiger partial charge in [0.1, 0.15) is 0 Å². The number of hydrogen-bond donors (Lipinski definition) is 0. The second-order valence-corrected chi connectivity index (χ2v) is 11.0. The zero-order valence-electron chi connectivity index (χ0n) is 13.4. The smallest absolute Gasteiger partial charge is 0.224 e. The SMILES string of the molecule is CC(C)SN(C1CCCCC1)S(=O)(=O)c1nc2ccccc2s1. The first-order valence-electron chi connectivity index (χ1n) is 8.05. The third-order valence-electron chi connectivity index (χ3n) is 3.92. The molecule has 1 aliphatic rings. The molecule has 0 radical (unpaired) electrons. The van der Waals surface area contributed by atoms with Gasteiger partial charge in [0.05, 0.1) is 10.2 Å². The second-order valence-electron chi connectivity index (χ2n) is 6.15. The molecular weight excluding hydrogens is 348 g/mol. The second kappa shape index (κ2) is 7.09. The Morgan fingerprint density at radius 2 is 1.91 bits per heavy atom. The van der Waals surface area contributed by atoms with Crippen molar-refractivity contribution in [2.24, 2.45) is 0 Å². The minimum atomic E-state index is -3.55. The van der Waals surface area contributed by atoms with Crippen LogP contribution in [0.25, 0.3) is 10.2 Å². The lowest BCUT2D eigenvalue weighted by Crippen LogP contribution is -2.37. The predicted octanol–water partition coefficient (Wildman–Crippen LogP) is 4.68. The third-order valence-corrected chi connectivity index (χ3v) is 8.71. The van der Waals surface area contributed by atoms with Gasteiger partial charge < -0.3 is 0 Å². The number of nitrogens with zero attached hydrogens (tertiary/aromatic N) is 2. The molecule has 2 aromatic rings. The summed E-state index contributed by atoms with van der Waals surface area (Å²) in [4.78, 5) is 4.38. The molecule has 0 spiro atoms. The van der Waals surface area contributed by atoms with E-state index in [0.717, 1.165) is 35.9 Å². The van der Waals surface area contributed by atoms with Crippen molar-refractivity contribution in [2.75, 3.05) is 0 Å². The summed E-state index contributed by atoms with van der Waals surface area (Å²) in [5, 5.41) is 0.223. The Kier molecular flexibility index (Phi) is 5.30. The average molecular weight is 371 g/mol. The maximum atomic E-state index is 13.2. The molecule has 1 heterocycles. The monoisotopic (exact) mass is 370 g/mol. The highest BCUT2D eigenvalue weighted by molar-refractivity contribution is 8.09. The number of sulfonamides is 1. The average Bonchev–Trinajstić information content (AvgIpc) is 2.98. The Balaban J connectivity index is 1.98. The van der Waals surface area contributed by atoms with Crippen molar-refractivity contribution in [3.63, 3.8) is 0 Å². The Bertz CT molecular complexity index is 731. The predicted molar refractivity (Wildman–Crippen MR) is 98.2 cm³/mol. The van der Waals surface area contributed by atoms with Crippen LogP contribution in [0.3, 0.4) is 0 Å². The molecule has 0 amide bonds. The normalized spacial score (nSPS) is 17.4. The molecule has 23 heavy (non-hydrogen) atoms. The van der Waals surface area contributed by atoms with Crippen LogP contribution >= 0.6 is 23.3 Å². The number of aromatic nitrogens is 1. The fourth-order valence-electron chi connectivity index (χ4n) is 2.88. The zero-order valence-corrected chi connectivity index (χ0v) is 15.9. The molecule has 1 aliphatic carbocycles. The van der Waals surface area contributed by atoms with Gasteiger partial charge in [-0.2, -0.15) is 0 Å². The van der Waals surface area contributed by atoms with Crippen molar-refractivity contribution in [2.45, 2.75) is 61.6 Å². The third kappa shape index (κ3) is 3.73. The molecule has 7 heteroatoms. The summed E-state index contributed by atoms with van der Waals surface area (Å²) in [5.41, 5.74) is 0.759. The van der Waals surface area contributed by atoms with Gasteiger partial charge in [-0.05, 0) is 25.0 Å². The number of rotatable bonds is 5. The Hall–Kier alpha value is -0.630. The molecule has 3 rings (SSSR count). The molecule has 1 fully saturated rings. The Morgan fingerprint density at radius 3 is 2.57 bits per heavy atom. The van der Waals surface area contributed by atoms with Crippen LogP contribution in [0.2, 0.25) is 0 Å². The van der Waals surface area contributed by atoms with E-state index in [4.69, 9.17) is 0 Å². The van der Waals surface area contributed by atoms with Crippen LogP contribution in [0.15, 0.2) is 28.6 Å². The fraction of sp³-hybridized carbons (Fsp3) is 0.562. The summed E-state index contributed by atoms with van der Waals surface area (Å²) >= 11 is 2.70. The molecule has 0 bridgehead atoms. The summed E-state index contributed by atoms with van der Waals surface area (Å²) in [5.74, 6) is 0. The summed E-state index contributed by atoms with van der Waals surface area (Å²) in [6.45, 7) is 4.07. The van der Waals surface area contributed by atoms with Gasteiger partial charge in [-0.1, -0.05) is 57.2 Å². The van der Waals surface area contributed by atoms with Crippen LogP contribution < -0.4 is 0 Å². The van der Waals surface area contributed by atoms with E-state index in [1.54, 1.807) is 3.71 Å².